The van der Waals surface area contributed by atoms with E-state index in [1.54, 1.807) is 11.5 Å². The molecule has 1 aliphatic carbocycles. The molecule has 1 saturated carbocycles. The van der Waals surface area contributed by atoms with Crippen LogP contribution in [0.4, 0.5) is 10.6 Å². The third kappa shape index (κ3) is 4.01. The normalized spacial score (nSPS) is 16.4. The molecule has 2 N–H and O–H groups in total. The second kappa shape index (κ2) is 9.02. The first-order valence-corrected chi connectivity index (χ1v) is 11.0. The number of carbonyl (C=O) groups is 4. The van der Waals surface area contributed by atoms with Crippen LogP contribution in [0.1, 0.15) is 42.5 Å². The summed E-state index contributed by atoms with van der Waals surface area (Å²) in [4.78, 5) is 50.6. The van der Waals surface area contributed by atoms with Crippen LogP contribution in [0.25, 0.3) is 5.69 Å². The molecule has 2 aromatic rings. The first kappa shape index (κ1) is 23.0. The van der Waals surface area contributed by atoms with Crippen molar-refractivity contribution >= 4 is 29.6 Å². The van der Waals surface area contributed by atoms with Crippen molar-refractivity contribution in [2.75, 3.05) is 18.5 Å². The highest BCUT2D eigenvalue weighted by molar-refractivity contribution is 6.09. The van der Waals surface area contributed by atoms with Crippen molar-refractivity contribution in [1.82, 2.24) is 14.8 Å². The molecule has 10 nitrogen and oxygen atoms in total. The number of hydrogen-bond donors (Lipinski definition) is 2. The second-order valence-electron chi connectivity index (χ2n) is 8.54. The zero-order chi connectivity index (χ0) is 24.5. The fourth-order valence-corrected chi connectivity index (χ4v) is 4.59. The number of hydrogen-bond acceptors (Lipinski definition) is 6. The lowest BCUT2D eigenvalue weighted by Crippen LogP contribution is -2.44. The number of ether oxygens (including phenoxy) is 1. The van der Waals surface area contributed by atoms with Crippen molar-refractivity contribution in [3.63, 3.8) is 0 Å². The first-order chi connectivity index (χ1) is 16.3. The number of anilines is 1. The Kier molecular flexibility index (Phi) is 6.11. The van der Waals surface area contributed by atoms with Crippen molar-refractivity contribution in [3.05, 3.63) is 47.2 Å². The Labute approximate surface area is 196 Å². The van der Waals surface area contributed by atoms with Crippen LogP contribution in [-0.4, -0.2) is 52.0 Å². The SMILES string of the molecule is Cc1c(C#N)c(NC(=O)COC(=O)CN2C(=O)NC3(CCCC3)C2=O)n(-c2ccccc2)c1C. The standard InChI is InChI=1S/C24H25N5O5/c1-15-16(2)29(17-8-4-3-5-9-17)21(18(15)12-25)26-19(30)14-34-20(31)13-28-22(32)24(27-23(28)33)10-6-7-11-24/h3-5,8-9H,6-7,10-11,13-14H2,1-2H3,(H,26,30)(H,27,33). The van der Waals surface area contributed by atoms with Crippen LogP contribution >= 0.6 is 0 Å². The van der Waals surface area contributed by atoms with Gasteiger partial charge in [0.25, 0.3) is 11.8 Å². The molecule has 0 bridgehead atoms. The van der Waals surface area contributed by atoms with Crippen molar-refractivity contribution in [2.24, 2.45) is 0 Å². The number of imide groups is 1. The monoisotopic (exact) mass is 463 g/mol. The molecule has 1 aliphatic heterocycles. The van der Waals surface area contributed by atoms with Gasteiger partial charge in [0.15, 0.2) is 6.61 Å². The average molecular weight is 463 g/mol. The van der Waals surface area contributed by atoms with Gasteiger partial charge >= 0.3 is 12.0 Å². The smallest absolute Gasteiger partial charge is 0.326 e. The van der Waals surface area contributed by atoms with Crippen LogP contribution in [0.3, 0.4) is 0 Å². The number of carbonyl (C=O) groups excluding carboxylic acids is 4. The third-order valence-electron chi connectivity index (χ3n) is 6.45. The molecule has 1 saturated heterocycles. The van der Waals surface area contributed by atoms with Gasteiger partial charge in [-0.3, -0.25) is 23.9 Å². The van der Waals surface area contributed by atoms with E-state index in [1.165, 1.54) is 0 Å². The fraction of sp³-hybridized carbons (Fsp3) is 0.375. The van der Waals surface area contributed by atoms with Crippen LogP contribution in [0, 0.1) is 25.2 Å². The van der Waals surface area contributed by atoms with Crippen molar-refractivity contribution in [1.29, 1.82) is 5.26 Å². The van der Waals surface area contributed by atoms with Gasteiger partial charge in [-0.2, -0.15) is 5.26 Å². The van der Waals surface area contributed by atoms with E-state index >= 15 is 0 Å². The Hall–Kier alpha value is -4.13. The number of rotatable bonds is 6. The number of para-hydroxylation sites is 1. The molecule has 2 fully saturated rings. The van der Waals surface area contributed by atoms with Gasteiger partial charge in [0.2, 0.25) is 0 Å². The zero-order valence-corrected chi connectivity index (χ0v) is 19.0. The van der Waals surface area contributed by atoms with Crippen LogP contribution in [0.2, 0.25) is 0 Å². The second-order valence-corrected chi connectivity index (χ2v) is 8.54. The van der Waals surface area contributed by atoms with Gasteiger partial charge in [-0.05, 0) is 44.4 Å². The number of urea groups is 1. The molecule has 2 heterocycles. The molecule has 0 unspecified atom stereocenters. The highest BCUT2D eigenvalue weighted by Gasteiger charge is 2.52. The third-order valence-corrected chi connectivity index (χ3v) is 6.45. The van der Waals surface area contributed by atoms with Gasteiger partial charge in [-0.25, -0.2) is 4.79 Å². The Morgan fingerprint density at radius 3 is 2.50 bits per heavy atom. The number of nitrogens with one attached hydrogen (secondary N) is 2. The van der Waals surface area contributed by atoms with Gasteiger partial charge in [-0.15, -0.1) is 0 Å². The van der Waals surface area contributed by atoms with Gasteiger partial charge in [0.1, 0.15) is 24.0 Å². The van der Waals surface area contributed by atoms with Gasteiger partial charge in [0, 0.05) is 11.4 Å². The predicted octanol–water partition coefficient (Wildman–Crippen LogP) is 2.31. The summed E-state index contributed by atoms with van der Waals surface area (Å²) in [7, 11) is 0. The van der Waals surface area contributed by atoms with E-state index in [0.29, 0.717) is 18.4 Å². The largest absolute Gasteiger partial charge is 0.454 e. The summed E-state index contributed by atoms with van der Waals surface area (Å²) in [5.74, 6) is -1.67. The quantitative estimate of drug-likeness (QED) is 0.499. The van der Waals surface area contributed by atoms with E-state index in [4.69, 9.17) is 4.74 Å². The molecule has 10 heteroatoms. The summed E-state index contributed by atoms with van der Waals surface area (Å²) in [6.45, 7) is 2.44. The fourth-order valence-electron chi connectivity index (χ4n) is 4.59. The van der Waals surface area contributed by atoms with Crippen LogP contribution in [0.5, 0.6) is 0 Å². The molecule has 4 rings (SSSR count). The first-order valence-electron chi connectivity index (χ1n) is 11.0. The van der Waals surface area contributed by atoms with Gasteiger partial charge < -0.3 is 15.4 Å². The number of amides is 4. The average Bonchev–Trinajstić information content (AvgIpc) is 3.45. The molecule has 176 valence electrons. The topological polar surface area (TPSA) is 134 Å². The minimum absolute atomic E-state index is 0.280. The summed E-state index contributed by atoms with van der Waals surface area (Å²) in [5, 5.41) is 15.0. The van der Waals surface area contributed by atoms with E-state index in [1.807, 2.05) is 37.3 Å². The Morgan fingerprint density at radius 2 is 1.85 bits per heavy atom. The molecule has 1 spiro atoms. The Balaban J connectivity index is 1.42. The lowest BCUT2D eigenvalue weighted by atomic mass is 9.98. The van der Waals surface area contributed by atoms with Crippen molar-refractivity contribution in [3.8, 4) is 11.8 Å². The summed E-state index contributed by atoms with van der Waals surface area (Å²) < 4.78 is 6.78. The maximum Gasteiger partial charge on any atom is 0.326 e. The van der Waals surface area contributed by atoms with E-state index in [0.717, 1.165) is 34.7 Å². The highest BCUT2D eigenvalue weighted by Crippen LogP contribution is 2.35. The lowest BCUT2D eigenvalue weighted by molar-refractivity contribution is -0.150. The van der Waals surface area contributed by atoms with Crippen molar-refractivity contribution in [2.45, 2.75) is 45.1 Å². The van der Waals surface area contributed by atoms with E-state index < -0.39 is 42.5 Å². The van der Waals surface area contributed by atoms with Gasteiger partial charge in [0.05, 0.1) is 5.56 Å². The number of esters is 1. The molecular weight excluding hydrogens is 438 g/mol. The summed E-state index contributed by atoms with van der Waals surface area (Å²) in [5.41, 5.74) is 1.66. The minimum Gasteiger partial charge on any atom is -0.454 e. The van der Waals surface area contributed by atoms with E-state index in [9.17, 15) is 24.4 Å². The summed E-state index contributed by atoms with van der Waals surface area (Å²) in [6.07, 6.45) is 2.76. The number of nitriles is 1. The van der Waals surface area contributed by atoms with Gasteiger partial charge in [-0.1, -0.05) is 31.0 Å². The van der Waals surface area contributed by atoms with E-state index in [-0.39, 0.29) is 5.82 Å². The Bertz CT molecular complexity index is 1200. The predicted molar refractivity (Wildman–Crippen MR) is 121 cm³/mol. The highest BCUT2D eigenvalue weighted by atomic mass is 16.5. The number of benzene rings is 1. The molecule has 0 atom stereocenters. The van der Waals surface area contributed by atoms with E-state index in [2.05, 4.69) is 16.7 Å². The number of nitrogens with zero attached hydrogens (tertiary/aromatic N) is 3. The zero-order valence-electron chi connectivity index (χ0n) is 19.0. The number of aromatic nitrogens is 1. The maximum atomic E-state index is 12.7. The molecule has 2 aliphatic rings. The summed E-state index contributed by atoms with van der Waals surface area (Å²) in [6, 6.07) is 10.7. The Morgan fingerprint density at radius 1 is 1.18 bits per heavy atom. The molecular formula is C24H25N5O5. The molecule has 1 aromatic carbocycles. The van der Waals surface area contributed by atoms with Crippen molar-refractivity contribution < 1.29 is 23.9 Å². The maximum absolute atomic E-state index is 12.7. The minimum atomic E-state index is -0.916. The van der Waals surface area contributed by atoms with Crippen LogP contribution < -0.4 is 10.6 Å². The molecule has 0 radical (unpaired) electrons. The molecule has 4 amide bonds. The van der Waals surface area contributed by atoms with Crippen LogP contribution in [-0.2, 0) is 19.1 Å². The molecule has 1 aromatic heterocycles. The summed E-state index contributed by atoms with van der Waals surface area (Å²) >= 11 is 0. The van der Waals surface area contributed by atoms with Crippen LogP contribution in [0.15, 0.2) is 30.3 Å². The lowest BCUT2D eigenvalue weighted by Gasteiger charge is -2.19. The molecule has 34 heavy (non-hydrogen) atoms.